The summed E-state index contributed by atoms with van der Waals surface area (Å²) >= 11 is 0. The first-order chi connectivity index (χ1) is 7.40. The number of nitrogens with two attached hydrogens (primary N) is 1. The predicted octanol–water partition coefficient (Wildman–Crippen LogP) is 2.60. The van der Waals surface area contributed by atoms with Crippen LogP contribution in [0.4, 0.5) is 13.2 Å². The van der Waals surface area contributed by atoms with E-state index < -0.39 is 30.8 Å². The van der Waals surface area contributed by atoms with Crippen molar-refractivity contribution >= 4 is 5.78 Å². The molecule has 5 heteroatoms. The first-order valence-electron chi connectivity index (χ1n) is 4.80. The molecular weight excluding hydrogens is 219 g/mol. The number of carbonyl (C=O) groups is 1. The van der Waals surface area contributed by atoms with E-state index in [4.69, 9.17) is 5.73 Å². The van der Waals surface area contributed by atoms with E-state index in [0.29, 0.717) is 5.56 Å². The lowest BCUT2D eigenvalue weighted by Crippen LogP contribution is -2.23. The standard InChI is InChI=1S/C11H12F3NO/c12-11(13,14)7-6-9(16)10(15)8-4-2-1-3-5-8/h1-5,10H,6-7,15H2. The van der Waals surface area contributed by atoms with Gasteiger partial charge in [0.15, 0.2) is 5.78 Å². The highest BCUT2D eigenvalue weighted by atomic mass is 19.4. The Morgan fingerprint density at radius 3 is 2.31 bits per heavy atom. The molecule has 0 spiro atoms. The Morgan fingerprint density at radius 2 is 1.81 bits per heavy atom. The Labute approximate surface area is 91.3 Å². The molecule has 0 aliphatic heterocycles. The zero-order valence-electron chi connectivity index (χ0n) is 8.50. The maximum absolute atomic E-state index is 11.9. The molecule has 0 saturated heterocycles. The molecule has 1 atom stereocenters. The van der Waals surface area contributed by atoms with Crippen molar-refractivity contribution in [2.45, 2.75) is 25.1 Å². The largest absolute Gasteiger partial charge is 0.389 e. The van der Waals surface area contributed by atoms with Crippen molar-refractivity contribution in [2.75, 3.05) is 0 Å². The Morgan fingerprint density at radius 1 is 1.25 bits per heavy atom. The monoisotopic (exact) mass is 231 g/mol. The van der Waals surface area contributed by atoms with Gasteiger partial charge >= 0.3 is 6.18 Å². The van der Waals surface area contributed by atoms with E-state index in [2.05, 4.69) is 0 Å². The SMILES string of the molecule is NC(C(=O)CCC(F)(F)F)c1ccccc1. The number of ketones is 1. The molecule has 16 heavy (non-hydrogen) atoms. The normalized spacial score (nSPS) is 13.5. The average Bonchev–Trinajstić information content (AvgIpc) is 2.25. The molecule has 0 aliphatic rings. The van der Waals surface area contributed by atoms with Gasteiger partial charge in [0.2, 0.25) is 0 Å². The Hall–Kier alpha value is -1.36. The molecule has 0 aliphatic carbocycles. The van der Waals surface area contributed by atoms with E-state index in [1.807, 2.05) is 0 Å². The van der Waals surface area contributed by atoms with E-state index in [1.165, 1.54) is 0 Å². The number of benzene rings is 1. The minimum Gasteiger partial charge on any atom is -0.318 e. The van der Waals surface area contributed by atoms with E-state index in [1.54, 1.807) is 30.3 Å². The minimum absolute atomic E-state index is 0.537. The van der Waals surface area contributed by atoms with Crippen molar-refractivity contribution in [2.24, 2.45) is 5.73 Å². The van der Waals surface area contributed by atoms with Crippen molar-refractivity contribution in [1.82, 2.24) is 0 Å². The van der Waals surface area contributed by atoms with Gasteiger partial charge in [0.25, 0.3) is 0 Å². The highest BCUT2D eigenvalue weighted by Crippen LogP contribution is 2.23. The van der Waals surface area contributed by atoms with Gasteiger partial charge in [-0.2, -0.15) is 13.2 Å². The van der Waals surface area contributed by atoms with Gasteiger partial charge in [-0.05, 0) is 5.56 Å². The van der Waals surface area contributed by atoms with Gasteiger partial charge in [0, 0.05) is 6.42 Å². The number of Topliss-reactive ketones (excluding diaryl/α,β-unsaturated/α-hetero) is 1. The second-order valence-electron chi connectivity index (χ2n) is 3.47. The number of hydrogen-bond donors (Lipinski definition) is 1. The Balaban J connectivity index is 2.55. The molecule has 2 N–H and O–H groups in total. The van der Waals surface area contributed by atoms with Crippen molar-refractivity contribution in [3.63, 3.8) is 0 Å². The molecule has 0 amide bonds. The molecule has 0 saturated carbocycles. The van der Waals surface area contributed by atoms with Crippen LogP contribution in [0.1, 0.15) is 24.4 Å². The molecule has 1 unspecified atom stereocenters. The maximum Gasteiger partial charge on any atom is 0.389 e. The smallest absolute Gasteiger partial charge is 0.318 e. The summed E-state index contributed by atoms with van der Waals surface area (Å²) in [4.78, 5) is 11.4. The summed E-state index contributed by atoms with van der Waals surface area (Å²) in [6.45, 7) is 0. The molecule has 1 aromatic carbocycles. The lowest BCUT2D eigenvalue weighted by atomic mass is 10.0. The summed E-state index contributed by atoms with van der Waals surface area (Å²) in [6.07, 6.45) is -6.00. The highest BCUT2D eigenvalue weighted by Gasteiger charge is 2.29. The number of hydrogen-bond acceptors (Lipinski definition) is 2. The number of alkyl halides is 3. The Bertz CT molecular complexity index is 348. The third kappa shape index (κ3) is 4.02. The number of carbonyl (C=O) groups excluding carboxylic acids is 1. The van der Waals surface area contributed by atoms with E-state index >= 15 is 0 Å². The van der Waals surface area contributed by atoms with Crippen LogP contribution in [0.25, 0.3) is 0 Å². The van der Waals surface area contributed by atoms with E-state index in [9.17, 15) is 18.0 Å². The second-order valence-corrected chi connectivity index (χ2v) is 3.47. The van der Waals surface area contributed by atoms with E-state index in [-0.39, 0.29) is 0 Å². The molecular formula is C11H12F3NO. The van der Waals surface area contributed by atoms with Crippen molar-refractivity contribution < 1.29 is 18.0 Å². The molecule has 0 radical (unpaired) electrons. The molecule has 88 valence electrons. The van der Waals surface area contributed by atoms with Crippen LogP contribution in [0.3, 0.4) is 0 Å². The van der Waals surface area contributed by atoms with Gasteiger partial charge in [0.05, 0.1) is 12.5 Å². The van der Waals surface area contributed by atoms with Crippen molar-refractivity contribution in [3.8, 4) is 0 Å². The van der Waals surface area contributed by atoms with Crippen molar-refractivity contribution in [1.29, 1.82) is 0 Å². The van der Waals surface area contributed by atoms with Crippen LogP contribution in [-0.4, -0.2) is 12.0 Å². The molecule has 1 aromatic rings. The van der Waals surface area contributed by atoms with Crippen LogP contribution in [0.15, 0.2) is 30.3 Å². The fraction of sp³-hybridized carbons (Fsp3) is 0.364. The van der Waals surface area contributed by atoms with Crippen LogP contribution in [0.2, 0.25) is 0 Å². The van der Waals surface area contributed by atoms with Crippen LogP contribution in [0.5, 0.6) is 0 Å². The molecule has 0 aromatic heterocycles. The van der Waals surface area contributed by atoms with Gasteiger partial charge < -0.3 is 5.73 Å². The molecule has 2 nitrogen and oxygen atoms in total. The predicted molar refractivity (Wildman–Crippen MR) is 53.7 cm³/mol. The zero-order valence-corrected chi connectivity index (χ0v) is 8.50. The summed E-state index contributed by atoms with van der Waals surface area (Å²) in [6, 6.07) is 7.39. The highest BCUT2D eigenvalue weighted by molar-refractivity contribution is 5.85. The fourth-order valence-electron chi connectivity index (χ4n) is 1.27. The summed E-state index contributed by atoms with van der Waals surface area (Å²) in [5.41, 5.74) is 6.09. The quantitative estimate of drug-likeness (QED) is 0.865. The molecule has 0 fully saturated rings. The summed E-state index contributed by atoms with van der Waals surface area (Å²) in [5.74, 6) is -0.594. The summed E-state index contributed by atoms with van der Waals surface area (Å²) in [5, 5.41) is 0. The van der Waals surface area contributed by atoms with Gasteiger partial charge in [0.1, 0.15) is 0 Å². The van der Waals surface area contributed by atoms with Gasteiger partial charge in [-0.25, -0.2) is 0 Å². The third-order valence-corrected chi connectivity index (χ3v) is 2.16. The first kappa shape index (κ1) is 12.7. The van der Waals surface area contributed by atoms with Gasteiger partial charge in [-0.15, -0.1) is 0 Å². The van der Waals surface area contributed by atoms with Crippen LogP contribution in [-0.2, 0) is 4.79 Å². The van der Waals surface area contributed by atoms with E-state index in [0.717, 1.165) is 0 Å². The Kier molecular flexibility index (Phi) is 4.06. The fourth-order valence-corrected chi connectivity index (χ4v) is 1.27. The van der Waals surface area contributed by atoms with Gasteiger partial charge in [-0.1, -0.05) is 30.3 Å². The number of halogens is 3. The van der Waals surface area contributed by atoms with Crippen LogP contribution in [0, 0.1) is 0 Å². The summed E-state index contributed by atoms with van der Waals surface area (Å²) < 4.78 is 35.7. The van der Waals surface area contributed by atoms with Crippen molar-refractivity contribution in [3.05, 3.63) is 35.9 Å². The average molecular weight is 231 g/mol. The third-order valence-electron chi connectivity index (χ3n) is 2.16. The molecule has 0 heterocycles. The van der Waals surface area contributed by atoms with Gasteiger partial charge in [-0.3, -0.25) is 4.79 Å². The topological polar surface area (TPSA) is 43.1 Å². The molecule has 1 rings (SSSR count). The van der Waals surface area contributed by atoms with Crippen LogP contribution >= 0.6 is 0 Å². The minimum atomic E-state index is -4.31. The first-order valence-corrected chi connectivity index (χ1v) is 4.80. The number of rotatable bonds is 4. The lowest BCUT2D eigenvalue weighted by molar-refractivity contribution is -0.143. The maximum atomic E-state index is 11.9. The van der Waals surface area contributed by atoms with Crippen LogP contribution < -0.4 is 5.73 Å². The zero-order chi connectivity index (χ0) is 12.2. The molecule has 0 bridgehead atoms. The second kappa shape index (κ2) is 5.12. The lowest BCUT2D eigenvalue weighted by Gasteiger charge is -2.11. The summed E-state index contributed by atoms with van der Waals surface area (Å²) in [7, 11) is 0.